The number of nitrogens with zero attached hydrogens (tertiary/aromatic N) is 9. The van der Waals surface area contributed by atoms with Gasteiger partial charge in [-0.3, -0.25) is 0 Å². The molecule has 0 aromatic heterocycles. The summed E-state index contributed by atoms with van der Waals surface area (Å²) in [6.07, 6.45) is 0. The van der Waals surface area contributed by atoms with Crippen LogP contribution in [0.4, 0.5) is 0 Å². The first kappa shape index (κ1) is 13.7. The van der Waals surface area contributed by atoms with Crippen molar-refractivity contribution in [3.05, 3.63) is 0 Å². The van der Waals surface area contributed by atoms with E-state index in [4.69, 9.17) is 31.6 Å². The summed E-state index contributed by atoms with van der Waals surface area (Å²) in [6.45, 7) is 0. The van der Waals surface area contributed by atoms with Crippen LogP contribution in [0.15, 0.2) is 13.5 Å². The number of nitriles is 6. The van der Waals surface area contributed by atoms with Gasteiger partial charge in [-0.25, -0.2) is 0 Å². The van der Waals surface area contributed by atoms with Crippen LogP contribution in [0.2, 0.25) is 0 Å². The highest BCUT2D eigenvalue weighted by molar-refractivity contribution is 7.95. The zero-order chi connectivity index (χ0) is 13.9. The second kappa shape index (κ2) is 4.48. The first-order valence-corrected chi connectivity index (χ1v) is 8.97. The van der Waals surface area contributed by atoms with Gasteiger partial charge in [0.15, 0.2) is 0 Å². The second-order valence-electron chi connectivity index (χ2n) is 2.67. The molecule has 0 bridgehead atoms. The van der Waals surface area contributed by atoms with Crippen molar-refractivity contribution in [3.63, 3.8) is 0 Å². The SMILES string of the molecule is N#CP1(C#N)=NP(C#N)(C#N)=NP(C#N)(C#N)=N1. The molecule has 0 amide bonds. The molecule has 0 unspecified atom stereocenters. The molecular formula is C6N9P3. The molecule has 1 aliphatic heterocycles. The van der Waals surface area contributed by atoms with Crippen LogP contribution in [-0.4, -0.2) is 0 Å². The number of hydrogen-bond acceptors (Lipinski definition) is 9. The van der Waals surface area contributed by atoms with Crippen molar-refractivity contribution >= 4 is 21.6 Å². The quantitative estimate of drug-likeness (QED) is 0.617. The summed E-state index contributed by atoms with van der Waals surface area (Å²) in [7, 11) is -11.1. The third kappa shape index (κ3) is 1.92. The lowest BCUT2D eigenvalue weighted by molar-refractivity contribution is 1.50. The summed E-state index contributed by atoms with van der Waals surface area (Å²) < 4.78 is 10.7. The van der Waals surface area contributed by atoms with Crippen molar-refractivity contribution in [2.75, 3.05) is 0 Å². The van der Waals surface area contributed by atoms with Gasteiger partial charge >= 0.3 is 0 Å². The van der Waals surface area contributed by atoms with Crippen LogP contribution in [0.3, 0.4) is 0 Å². The Morgan fingerprint density at radius 2 is 0.611 bits per heavy atom. The van der Waals surface area contributed by atoms with E-state index in [1.54, 1.807) is 0 Å². The maximum atomic E-state index is 8.93. The van der Waals surface area contributed by atoms with Gasteiger partial charge in [0.05, 0.1) is 0 Å². The molecule has 0 aliphatic carbocycles. The molecule has 0 atom stereocenters. The minimum Gasteiger partial charge on any atom is -0.189 e. The molecule has 1 rings (SSSR count). The highest BCUT2D eigenvalue weighted by Crippen LogP contribution is 2.76. The van der Waals surface area contributed by atoms with Crippen molar-refractivity contribution < 1.29 is 0 Å². The summed E-state index contributed by atoms with van der Waals surface area (Å²) in [5.74, 6) is 9.13. The highest BCUT2D eigenvalue weighted by atomic mass is 31.2. The molecule has 0 spiro atoms. The average molecular weight is 291 g/mol. The number of hydrogen-bond donors (Lipinski definition) is 0. The fraction of sp³-hybridized carbons (Fsp3) is 0. The summed E-state index contributed by atoms with van der Waals surface area (Å²) in [5, 5.41) is 53.6. The first-order chi connectivity index (χ1) is 8.49. The van der Waals surface area contributed by atoms with Crippen molar-refractivity contribution in [2.45, 2.75) is 0 Å². The van der Waals surface area contributed by atoms with Crippen molar-refractivity contribution in [1.29, 1.82) is 31.6 Å². The van der Waals surface area contributed by atoms with Gasteiger partial charge in [-0.2, -0.15) is 45.1 Å². The third-order valence-corrected chi connectivity index (χ3v) is 9.50. The molecule has 1 aliphatic rings. The fourth-order valence-corrected chi connectivity index (χ4v) is 8.87. The van der Waals surface area contributed by atoms with Crippen molar-refractivity contribution in [1.82, 2.24) is 0 Å². The van der Waals surface area contributed by atoms with Gasteiger partial charge < -0.3 is 0 Å². The van der Waals surface area contributed by atoms with Gasteiger partial charge in [0.25, 0.3) is 21.6 Å². The molecule has 0 aromatic carbocycles. The van der Waals surface area contributed by atoms with Crippen LogP contribution >= 0.6 is 21.6 Å². The van der Waals surface area contributed by atoms with Crippen LogP contribution in [0.25, 0.3) is 0 Å². The number of rotatable bonds is 0. The predicted molar refractivity (Wildman–Crippen MR) is 61.7 cm³/mol. The summed E-state index contributed by atoms with van der Waals surface area (Å²) in [5.41, 5.74) is 0. The van der Waals surface area contributed by atoms with Crippen LogP contribution in [0.5, 0.6) is 0 Å². The van der Waals surface area contributed by atoms with Gasteiger partial charge in [0, 0.05) is 0 Å². The Kier molecular flexibility index (Phi) is 3.41. The van der Waals surface area contributed by atoms with Gasteiger partial charge in [0.2, 0.25) is 0 Å². The Morgan fingerprint density at radius 1 is 0.444 bits per heavy atom. The second-order valence-corrected chi connectivity index (χ2v) is 9.63. The molecule has 0 radical (unpaired) electrons. The first-order valence-electron chi connectivity index (χ1n) is 3.88. The third-order valence-electron chi connectivity index (χ3n) is 1.61. The Morgan fingerprint density at radius 3 is 0.722 bits per heavy atom. The predicted octanol–water partition coefficient (Wildman–Crippen LogP) is 3.24. The Bertz CT molecular complexity index is 649. The minimum absolute atomic E-state index is 1.52. The standard InChI is InChI=1S/C6N9P3/c7-1-16(2-8)13-17(3-9,4-10)15-18(5-11,6-12)14-16. The molecule has 0 aromatic rings. The van der Waals surface area contributed by atoms with Crippen molar-refractivity contribution in [2.24, 2.45) is 13.5 Å². The lowest BCUT2D eigenvalue weighted by Crippen LogP contribution is -1.82. The van der Waals surface area contributed by atoms with E-state index < -0.39 is 21.6 Å². The maximum absolute atomic E-state index is 8.93. The van der Waals surface area contributed by atoms with Crippen LogP contribution in [-0.2, 0) is 0 Å². The monoisotopic (exact) mass is 291 g/mol. The molecule has 9 nitrogen and oxygen atoms in total. The molecule has 12 heteroatoms. The minimum atomic E-state index is -3.69. The van der Waals surface area contributed by atoms with E-state index in [-0.39, 0.29) is 0 Å². The van der Waals surface area contributed by atoms with Gasteiger partial charge in [0.1, 0.15) is 34.9 Å². The molecule has 0 fully saturated rings. The van der Waals surface area contributed by atoms with E-state index >= 15 is 0 Å². The Balaban J connectivity index is 4.10. The average Bonchev–Trinajstić information content (AvgIpc) is 2.46. The summed E-state index contributed by atoms with van der Waals surface area (Å²) in [6, 6.07) is 0. The molecule has 0 N–H and O–H groups in total. The molecule has 1 heterocycles. The van der Waals surface area contributed by atoms with E-state index in [1.165, 1.54) is 34.9 Å². The lowest BCUT2D eigenvalue weighted by atomic mass is 11.8. The Labute approximate surface area is 102 Å². The summed E-state index contributed by atoms with van der Waals surface area (Å²) >= 11 is 0. The van der Waals surface area contributed by atoms with Gasteiger partial charge in [-0.15, -0.1) is 0 Å². The molecule has 18 heavy (non-hydrogen) atoms. The highest BCUT2D eigenvalue weighted by Gasteiger charge is 2.38. The van der Waals surface area contributed by atoms with Crippen molar-refractivity contribution in [3.8, 4) is 34.9 Å². The van der Waals surface area contributed by atoms with E-state index in [1.807, 2.05) is 0 Å². The normalized spacial score (nSPS) is 20.3. The largest absolute Gasteiger partial charge is 0.276 e. The zero-order valence-corrected chi connectivity index (χ0v) is 11.0. The zero-order valence-electron chi connectivity index (χ0n) is 8.37. The van der Waals surface area contributed by atoms with Crippen LogP contribution in [0.1, 0.15) is 0 Å². The van der Waals surface area contributed by atoms with Crippen LogP contribution in [0, 0.1) is 66.4 Å². The van der Waals surface area contributed by atoms with Gasteiger partial charge in [-0.1, -0.05) is 0 Å². The van der Waals surface area contributed by atoms with E-state index in [2.05, 4.69) is 13.5 Å². The summed E-state index contributed by atoms with van der Waals surface area (Å²) in [4.78, 5) is 0. The fourth-order valence-electron chi connectivity index (χ4n) is 0.923. The lowest BCUT2D eigenvalue weighted by Gasteiger charge is -2.15. The smallest absolute Gasteiger partial charge is 0.189 e. The van der Waals surface area contributed by atoms with E-state index in [9.17, 15) is 0 Å². The maximum Gasteiger partial charge on any atom is 0.276 e. The van der Waals surface area contributed by atoms with Gasteiger partial charge in [-0.05, 0) is 0 Å². The topological polar surface area (TPSA) is 180 Å². The molecule has 0 saturated carbocycles. The van der Waals surface area contributed by atoms with E-state index in [0.717, 1.165) is 0 Å². The molecule has 84 valence electrons. The Hall–Kier alpha value is -2.37. The van der Waals surface area contributed by atoms with Crippen LogP contribution < -0.4 is 0 Å². The van der Waals surface area contributed by atoms with E-state index in [0.29, 0.717) is 0 Å². The molecule has 0 saturated heterocycles. The molecular weight excluding hydrogens is 291 g/mol.